The molecule has 0 saturated carbocycles. The van der Waals surface area contributed by atoms with Crippen LogP contribution in [0, 0.1) is 5.92 Å². The van der Waals surface area contributed by atoms with Gasteiger partial charge < -0.3 is 20.7 Å². The molecule has 2 fully saturated rings. The van der Waals surface area contributed by atoms with Crippen molar-refractivity contribution in [2.45, 2.75) is 44.1 Å². The summed E-state index contributed by atoms with van der Waals surface area (Å²) in [5, 5.41) is 8.73. The molecule has 3 N–H and O–H groups in total. The van der Waals surface area contributed by atoms with Crippen molar-refractivity contribution in [1.82, 2.24) is 16.0 Å². The van der Waals surface area contributed by atoms with Crippen LogP contribution in [0.2, 0.25) is 19.1 Å². The number of hydrogen-bond donors (Lipinski definition) is 3. The van der Waals surface area contributed by atoms with Crippen molar-refractivity contribution in [3.05, 3.63) is 0 Å². The maximum absolute atomic E-state index is 12.4. The zero-order chi connectivity index (χ0) is 16.3. The molecule has 0 aromatic heterocycles. The fourth-order valence-electron chi connectivity index (χ4n) is 3.06. The molecule has 0 aliphatic carbocycles. The van der Waals surface area contributed by atoms with Crippen molar-refractivity contribution in [2.24, 2.45) is 5.92 Å². The highest BCUT2D eigenvalue weighted by molar-refractivity contribution is 6.78. The van der Waals surface area contributed by atoms with Gasteiger partial charge in [-0.25, -0.2) is 4.79 Å². The zero-order valence-electron chi connectivity index (χ0n) is 13.4. The van der Waals surface area contributed by atoms with E-state index in [-0.39, 0.29) is 30.2 Å². The number of amides is 2. The first-order chi connectivity index (χ1) is 10.3. The molecule has 7 nitrogen and oxygen atoms in total. The number of nitrogens with one attached hydrogen (secondary N) is 3. The third-order valence-electron chi connectivity index (χ3n) is 4.39. The molecule has 22 heavy (non-hydrogen) atoms. The van der Waals surface area contributed by atoms with E-state index in [4.69, 9.17) is 4.74 Å². The van der Waals surface area contributed by atoms with Gasteiger partial charge in [-0.15, -0.1) is 0 Å². The number of carbonyl (C=O) groups is 3. The standard InChI is InChI=1S/C14H25N3O4Si/c1-21-14(20)10(6-9-4-5-15-12(9)18)17-13(19)11-7-22(2,3)8-16-11/h9-11,16H,4-8H2,1-3H3,(H,15,18)(H,17,19)/t9-,10-,11-/m0/s1. The van der Waals surface area contributed by atoms with E-state index in [0.717, 1.165) is 12.2 Å². The number of esters is 1. The largest absolute Gasteiger partial charge is 0.467 e. The minimum absolute atomic E-state index is 0.0596. The molecular weight excluding hydrogens is 302 g/mol. The fourth-order valence-corrected chi connectivity index (χ4v) is 5.44. The predicted molar refractivity (Wildman–Crippen MR) is 83.8 cm³/mol. The minimum atomic E-state index is -1.35. The average Bonchev–Trinajstić information content (AvgIpc) is 3.03. The van der Waals surface area contributed by atoms with E-state index in [1.807, 2.05) is 0 Å². The smallest absolute Gasteiger partial charge is 0.328 e. The lowest BCUT2D eigenvalue weighted by atomic mass is 9.98. The Morgan fingerprint density at radius 1 is 1.45 bits per heavy atom. The maximum Gasteiger partial charge on any atom is 0.328 e. The summed E-state index contributed by atoms with van der Waals surface area (Å²) >= 11 is 0. The molecule has 2 saturated heterocycles. The second kappa shape index (κ2) is 6.78. The summed E-state index contributed by atoms with van der Waals surface area (Å²) in [6.45, 7) is 5.08. The molecule has 3 atom stereocenters. The molecule has 0 spiro atoms. The van der Waals surface area contributed by atoms with Crippen molar-refractivity contribution in [2.75, 3.05) is 19.8 Å². The van der Waals surface area contributed by atoms with Gasteiger partial charge in [0.05, 0.1) is 21.2 Å². The van der Waals surface area contributed by atoms with Crippen LogP contribution in [0.3, 0.4) is 0 Å². The Morgan fingerprint density at radius 2 is 2.18 bits per heavy atom. The van der Waals surface area contributed by atoms with E-state index in [9.17, 15) is 14.4 Å². The molecule has 2 heterocycles. The van der Waals surface area contributed by atoms with Crippen molar-refractivity contribution in [3.8, 4) is 0 Å². The Kier molecular flexibility index (Phi) is 5.22. The molecule has 2 aliphatic heterocycles. The lowest BCUT2D eigenvalue weighted by Crippen LogP contribution is -2.49. The highest BCUT2D eigenvalue weighted by Gasteiger charge is 2.38. The topological polar surface area (TPSA) is 96.5 Å². The summed E-state index contributed by atoms with van der Waals surface area (Å²) in [7, 11) is -0.0598. The first-order valence-corrected chi connectivity index (χ1v) is 11.1. The molecule has 0 radical (unpaired) electrons. The predicted octanol–water partition coefficient (Wildman–Crippen LogP) is -0.610. The normalized spacial score (nSPS) is 28.0. The van der Waals surface area contributed by atoms with Gasteiger partial charge in [0.15, 0.2) is 0 Å². The Bertz CT molecular complexity index is 469. The Balaban J connectivity index is 1.96. The first kappa shape index (κ1) is 16.9. The molecule has 8 heteroatoms. The zero-order valence-corrected chi connectivity index (χ0v) is 14.4. The van der Waals surface area contributed by atoms with Gasteiger partial charge in [0.2, 0.25) is 11.8 Å². The van der Waals surface area contributed by atoms with Crippen LogP contribution in [-0.2, 0) is 19.1 Å². The van der Waals surface area contributed by atoms with Crippen molar-refractivity contribution < 1.29 is 19.1 Å². The van der Waals surface area contributed by atoms with E-state index in [0.29, 0.717) is 13.0 Å². The highest BCUT2D eigenvalue weighted by Crippen LogP contribution is 2.20. The van der Waals surface area contributed by atoms with Gasteiger partial charge in [-0.2, -0.15) is 0 Å². The lowest BCUT2D eigenvalue weighted by molar-refractivity contribution is -0.146. The van der Waals surface area contributed by atoms with E-state index < -0.39 is 20.1 Å². The van der Waals surface area contributed by atoms with Gasteiger partial charge in [-0.05, 0) is 25.1 Å². The number of carbonyl (C=O) groups excluding carboxylic acids is 3. The van der Waals surface area contributed by atoms with Crippen molar-refractivity contribution >= 4 is 25.9 Å². The summed E-state index contributed by atoms with van der Waals surface area (Å²) in [6.07, 6.45) is 1.88. The minimum Gasteiger partial charge on any atom is -0.467 e. The second-order valence-electron chi connectivity index (χ2n) is 6.90. The van der Waals surface area contributed by atoms with Crippen molar-refractivity contribution in [1.29, 1.82) is 0 Å². The van der Waals surface area contributed by atoms with E-state index in [1.54, 1.807) is 0 Å². The summed E-state index contributed by atoms with van der Waals surface area (Å²) in [5.41, 5.74) is 0. The Labute approximate surface area is 131 Å². The number of rotatable bonds is 5. The Morgan fingerprint density at radius 3 is 2.68 bits per heavy atom. The first-order valence-electron chi connectivity index (χ1n) is 7.72. The number of hydrogen-bond acceptors (Lipinski definition) is 5. The van der Waals surface area contributed by atoms with Crippen LogP contribution < -0.4 is 16.0 Å². The average molecular weight is 327 g/mol. The van der Waals surface area contributed by atoms with Crippen LogP contribution in [0.1, 0.15) is 12.8 Å². The lowest BCUT2D eigenvalue weighted by Gasteiger charge is -2.21. The molecular formula is C14H25N3O4Si. The fraction of sp³-hybridized carbons (Fsp3) is 0.786. The molecule has 2 aliphatic rings. The Hall–Kier alpha value is -1.41. The van der Waals surface area contributed by atoms with Gasteiger partial charge in [-0.3, -0.25) is 9.59 Å². The maximum atomic E-state index is 12.4. The third-order valence-corrected chi connectivity index (χ3v) is 7.06. The van der Waals surface area contributed by atoms with Crippen LogP contribution in [0.25, 0.3) is 0 Å². The SMILES string of the molecule is COC(=O)[C@H](C[C@@H]1CCNC1=O)NC(=O)[C@@H]1C[Si](C)(C)CN1. The van der Waals surface area contributed by atoms with Crippen LogP contribution >= 0.6 is 0 Å². The van der Waals surface area contributed by atoms with Crippen LogP contribution in [-0.4, -0.2) is 57.8 Å². The summed E-state index contributed by atoms with van der Waals surface area (Å²) in [5.74, 6) is -0.975. The molecule has 0 bridgehead atoms. The molecule has 0 unspecified atom stereocenters. The van der Waals surface area contributed by atoms with Gasteiger partial charge >= 0.3 is 5.97 Å². The number of ether oxygens (including phenoxy) is 1. The molecule has 2 rings (SSSR count). The number of methoxy groups -OCH3 is 1. The third kappa shape index (κ3) is 4.07. The highest BCUT2D eigenvalue weighted by atomic mass is 28.3. The molecule has 124 valence electrons. The summed E-state index contributed by atoms with van der Waals surface area (Å²) in [4.78, 5) is 35.9. The van der Waals surface area contributed by atoms with Gasteiger partial charge in [0.25, 0.3) is 0 Å². The molecule has 0 aromatic carbocycles. The quantitative estimate of drug-likeness (QED) is 0.462. The second-order valence-corrected chi connectivity index (χ2v) is 12.0. The van der Waals surface area contributed by atoms with Gasteiger partial charge in [0.1, 0.15) is 6.04 Å². The van der Waals surface area contributed by atoms with E-state index in [2.05, 4.69) is 29.0 Å². The monoisotopic (exact) mass is 327 g/mol. The van der Waals surface area contributed by atoms with Gasteiger partial charge in [0, 0.05) is 12.5 Å². The summed E-state index contributed by atoms with van der Waals surface area (Å²) in [6, 6.07) is -0.152. The van der Waals surface area contributed by atoms with E-state index >= 15 is 0 Å². The molecule has 0 aromatic rings. The van der Waals surface area contributed by atoms with E-state index in [1.165, 1.54) is 7.11 Å². The van der Waals surface area contributed by atoms with Crippen LogP contribution in [0.5, 0.6) is 0 Å². The van der Waals surface area contributed by atoms with Crippen LogP contribution in [0.4, 0.5) is 0 Å². The summed E-state index contributed by atoms with van der Waals surface area (Å²) < 4.78 is 4.77. The van der Waals surface area contributed by atoms with Crippen molar-refractivity contribution in [3.63, 3.8) is 0 Å². The van der Waals surface area contributed by atoms with Gasteiger partial charge in [-0.1, -0.05) is 13.1 Å². The van der Waals surface area contributed by atoms with Crippen LogP contribution in [0.15, 0.2) is 0 Å². The molecule has 2 amide bonds.